The molecule has 33 heavy (non-hydrogen) atoms. The number of hydrogen-bond acceptors (Lipinski definition) is 6. The molecule has 0 radical (unpaired) electrons. The monoisotopic (exact) mass is 481 g/mol. The topological polar surface area (TPSA) is 97.2 Å². The Kier molecular flexibility index (Phi) is 6.05. The van der Waals surface area contributed by atoms with Crippen molar-refractivity contribution in [3.05, 3.63) is 77.7 Å². The maximum Gasteiger partial charge on any atom is 0.264 e. The van der Waals surface area contributed by atoms with Crippen LogP contribution in [-0.2, 0) is 17.1 Å². The quantitative estimate of drug-likeness (QED) is 0.444. The summed E-state index contributed by atoms with van der Waals surface area (Å²) in [5.74, 6) is 0.322. The summed E-state index contributed by atoms with van der Waals surface area (Å²) in [6, 6.07) is 13.2. The highest BCUT2D eigenvalue weighted by atomic mass is 32.2. The molecule has 2 aromatic heterocycles. The molecule has 0 unspecified atom stereocenters. The zero-order valence-electron chi connectivity index (χ0n) is 18.6. The SMILES string of the molecule is Cc1ccc(N(C)S(=O)(=O)c2cccc(C(=O)Nc3nc(C)c(-c4nccn4C)s3)c2)cc1. The van der Waals surface area contributed by atoms with Gasteiger partial charge in [-0.15, -0.1) is 0 Å². The second-order valence-electron chi connectivity index (χ2n) is 7.59. The number of benzene rings is 2. The first kappa shape index (κ1) is 22.7. The van der Waals surface area contributed by atoms with Gasteiger partial charge in [0.1, 0.15) is 0 Å². The Morgan fingerprint density at radius 1 is 1.12 bits per heavy atom. The number of rotatable bonds is 6. The summed E-state index contributed by atoms with van der Waals surface area (Å²) in [7, 11) is -0.463. The molecule has 2 heterocycles. The van der Waals surface area contributed by atoms with Gasteiger partial charge in [-0.2, -0.15) is 0 Å². The largest absolute Gasteiger partial charge is 0.333 e. The molecule has 4 rings (SSSR count). The third-order valence-electron chi connectivity index (χ3n) is 5.19. The maximum absolute atomic E-state index is 13.1. The van der Waals surface area contributed by atoms with Crippen LogP contribution in [0.4, 0.5) is 10.8 Å². The third-order valence-corrected chi connectivity index (χ3v) is 8.04. The normalized spacial score (nSPS) is 11.4. The van der Waals surface area contributed by atoms with Crippen molar-refractivity contribution < 1.29 is 13.2 Å². The van der Waals surface area contributed by atoms with Crippen LogP contribution in [0.15, 0.2) is 65.8 Å². The lowest BCUT2D eigenvalue weighted by Gasteiger charge is -2.20. The van der Waals surface area contributed by atoms with Gasteiger partial charge in [0.15, 0.2) is 11.0 Å². The van der Waals surface area contributed by atoms with Crippen LogP contribution < -0.4 is 9.62 Å². The molecule has 0 aliphatic carbocycles. The summed E-state index contributed by atoms with van der Waals surface area (Å²) in [5, 5.41) is 3.19. The number of carbonyl (C=O) groups excluding carboxylic acids is 1. The van der Waals surface area contributed by atoms with Gasteiger partial charge in [0.05, 0.1) is 21.2 Å². The fourth-order valence-corrected chi connectivity index (χ4v) is 5.50. The Morgan fingerprint density at radius 2 is 1.85 bits per heavy atom. The predicted molar refractivity (Wildman–Crippen MR) is 130 cm³/mol. The fraction of sp³-hybridized carbons (Fsp3) is 0.174. The molecule has 8 nitrogen and oxygen atoms in total. The predicted octanol–water partition coefficient (Wildman–Crippen LogP) is 4.24. The van der Waals surface area contributed by atoms with Crippen molar-refractivity contribution >= 4 is 38.1 Å². The smallest absolute Gasteiger partial charge is 0.264 e. The molecule has 0 aliphatic rings. The Balaban J connectivity index is 1.57. The van der Waals surface area contributed by atoms with E-state index in [-0.39, 0.29) is 10.5 Å². The molecule has 4 aromatic rings. The zero-order chi connectivity index (χ0) is 23.8. The van der Waals surface area contributed by atoms with Crippen LogP contribution in [0.25, 0.3) is 10.7 Å². The maximum atomic E-state index is 13.1. The number of imidazole rings is 1. The molecule has 0 saturated heterocycles. The molecule has 0 fully saturated rings. The van der Waals surface area contributed by atoms with Gasteiger partial charge in [0, 0.05) is 32.1 Å². The molecular weight excluding hydrogens is 458 g/mol. The highest BCUT2D eigenvalue weighted by Gasteiger charge is 2.23. The minimum Gasteiger partial charge on any atom is -0.333 e. The van der Waals surface area contributed by atoms with Crippen molar-refractivity contribution in [1.29, 1.82) is 0 Å². The Morgan fingerprint density at radius 3 is 2.52 bits per heavy atom. The molecule has 1 N–H and O–H groups in total. The summed E-state index contributed by atoms with van der Waals surface area (Å²) in [5.41, 5.74) is 2.54. The van der Waals surface area contributed by atoms with Crippen molar-refractivity contribution in [3.8, 4) is 10.7 Å². The lowest BCUT2D eigenvalue weighted by molar-refractivity contribution is 0.102. The van der Waals surface area contributed by atoms with Crippen molar-refractivity contribution in [3.63, 3.8) is 0 Å². The van der Waals surface area contributed by atoms with Crippen LogP contribution in [0.5, 0.6) is 0 Å². The van der Waals surface area contributed by atoms with Crippen LogP contribution in [0.3, 0.4) is 0 Å². The highest BCUT2D eigenvalue weighted by molar-refractivity contribution is 7.92. The average molecular weight is 482 g/mol. The van der Waals surface area contributed by atoms with Crippen molar-refractivity contribution in [2.75, 3.05) is 16.7 Å². The van der Waals surface area contributed by atoms with E-state index < -0.39 is 15.9 Å². The Hall–Kier alpha value is -3.50. The number of aryl methyl sites for hydroxylation is 3. The van der Waals surface area contributed by atoms with E-state index >= 15 is 0 Å². The van der Waals surface area contributed by atoms with E-state index in [1.807, 2.05) is 43.8 Å². The number of nitrogens with one attached hydrogen (secondary N) is 1. The molecule has 0 saturated carbocycles. The van der Waals surface area contributed by atoms with Crippen LogP contribution in [0.2, 0.25) is 0 Å². The van der Waals surface area contributed by atoms with Gasteiger partial charge in [-0.3, -0.25) is 14.4 Å². The van der Waals surface area contributed by atoms with Crippen molar-refractivity contribution in [2.45, 2.75) is 18.7 Å². The molecule has 0 spiro atoms. The zero-order valence-corrected chi connectivity index (χ0v) is 20.2. The van der Waals surface area contributed by atoms with Crippen LogP contribution in [0.1, 0.15) is 21.6 Å². The number of hydrogen-bond donors (Lipinski definition) is 1. The van der Waals surface area contributed by atoms with E-state index in [0.717, 1.165) is 22.0 Å². The van der Waals surface area contributed by atoms with E-state index in [1.54, 1.807) is 30.5 Å². The Bertz CT molecular complexity index is 1420. The second kappa shape index (κ2) is 8.80. The molecule has 170 valence electrons. The number of aromatic nitrogens is 3. The summed E-state index contributed by atoms with van der Waals surface area (Å²) in [6.07, 6.45) is 3.54. The van der Waals surface area contributed by atoms with Crippen molar-refractivity contribution in [2.24, 2.45) is 7.05 Å². The lowest BCUT2D eigenvalue weighted by Crippen LogP contribution is -2.26. The van der Waals surface area contributed by atoms with Crippen LogP contribution in [0, 0.1) is 13.8 Å². The standard InChI is InChI=1S/C23H23N5O3S2/c1-15-8-10-18(11-9-15)28(4)33(30,31)19-7-5-6-17(14-19)22(29)26-23-25-16(2)20(32-23)21-24-12-13-27(21)3/h5-14H,1-4H3,(H,25,26,29). The first-order chi connectivity index (χ1) is 15.7. The Labute approximate surface area is 196 Å². The van der Waals surface area contributed by atoms with E-state index in [4.69, 9.17) is 0 Å². The molecule has 10 heteroatoms. The summed E-state index contributed by atoms with van der Waals surface area (Å²) in [6.45, 7) is 3.79. The van der Waals surface area contributed by atoms with Gasteiger partial charge in [0.2, 0.25) is 0 Å². The number of thiazole rings is 1. The van der Waals surface area contributed by atoms with Gasteiger partial charge >= 0.3 is 0 Å². The first-order valence-electron chi connectivity index (χ1n) is 10.1. The van der Waals surface area contributed by atoms with Gasteiger partial charge in [-0.05, 0) is 44.2 Å². The highest BCUT2D eigenvalue weighted by Crippen LogP contribution is 2.31. The minimum absolute atomic E-state index is 0.0299. The minimum atomic E-state index is -3.84. The molecule has 2 aromatic carbocycles. The summed E-state index contributed by atoms with van der Waals surface area (Å²) >= 11 is 1.31. The van der Waals surface area contributed by atoms with Crippen LogP contribution in [-0.4, -0.2) is 35.9 Å². The van der Waals surface area contributed by atoms with Gasteiger partial charge in [0.25, 0.3) is 15.9 Å². The number of nitrogens with zero attached hydrogens (tertiary/aromatic N) is 4. The summed E-state index contributed by atoms with van der Waals surface area (Å²) in [4.78, 5) is 22.5. The third kappa shape index (κ3) is 4.53. The molecule has 0 aliphatic heterocycles. The number of carbonyl (C=O) groups is 1. The number of sulfonamides is 1. The van der Waals surface area contributed by atoms with E-state index in [1.165, 1.54) is 34.8 Å². The summed E-state index contributed by atoms with van der Waals surface area (Å²) < 4.78 is 29.4. The van der Waals surface area contributed by atoms with E-state index in [2.05, 4.69) is 15.3 Å². The van der Waals surface area contributed by atoms with Crippen molar-refractivity contribution in [1.82, 2.24) is 14.5 Å². The molecule has 0 bridgehead atoms. The van der Waals surface area contributed by atoms with Gasteiger partial charge in [-0.25, -0.2) is 18.4 Å². The average Bonchev–Trinajstić information content (AvgIpc) is 3.38. The van der Waals surface area contributed by atoms with E-state index in [9.17, 15) is 13.2 Å². The van der Waals surface area contributed by atoms with E-state index in [0.29, 0.717) is 10.8 Å². The number of anilines is 2. The molecule has 1 amide bonds. The van der Waals surface area contributed by atoms with Gasteiger partial charge < -0.3 is 4.57 Å². The molecular formula is C23H23N5O3S2. The lowest BCUT2D eigenvalue weighted by atomic mass is 10.2. The molecule has 0 atom stereocenters. The van der Waals surface area contributed by atoms with Gasteiger partial charge in [-0.1, -0.05) is 35.1 Å². The first-order valence-corrected chi connectivity index (χ1v) is 12.3. The number of amides is 1. The fourth-order valence-electron chi connectivity index (χ4n) is 3.26. The van der Waals surface area contributed by atoms with Crippen LogP contribution >= 0.6 is 11.3 Å². The second-order valence-corrected chi connectivity index (χ2v) is 10.6.